The van der Waals surface area contributed by atoms with Crippen LogP contribution in [-0.2, 0) is 9.53 Å². The third-order valence-corrected chi connectivity index (χ3v) is 8.39. The van der Waals surface area contributed by atoms with Crippen LogP contribution in [0, 0.1) is 5.82 Å². The van der Waals surface area contributed by atoms with Crippen LogP contribution < -0.4 is 4.90 Å². The van der Waals surface area contributed by atoms with E-state index in [4.69, 9.17) is 9.72 Å². The van der Waals surface area contributed by atoms with E-state index in [0.29, 0.717) is 13.0 Å². The molecule has 0 bridgehead atoms. The molecule has 0 spiro atoms. The Labute approximate surface area is 206 Å². The van der Waals surface area contributed by atoms with E-state index in [1.54, 1.807) is 47.0 Å². The van der Waals surface area contributed by atoms with Gasteiger partial charge in [-0.1, -0.05) is 17.4 Å². The zero-order valence-electron chi connectivity index (χ0n) is 18.7. The van der Waals surface area contributed by atoms with Crippen molar-refractivity contribution in [2.75, 3.05) is 56.3 Å². The molecule has 176 valence electrons. The van der Waals surface area contributed by atoms with E-state index in [9.17, 15) is 9.18 Å². The highest BCUT2D eigenvalue weighted by Crippen LogP contribution is 2.34. The van der Waals surface area contributed by atoms with Crippen LogP contribution in [0.3, 0.4) is 0 Å². The summed E-state index contributed by atoms with van der Waals surface area (Å²) >= 11 is 4.91. The van der Waals surface area contributed by atoms with Crippen LogP contribution in [0.15, 0.2) is 52.3 Å². The van der Waals surface area contributed by atoms with E-state index in [1.165, 1.54) is 12.1 Å². The molecule has 1 aromatic heterocycles. The molecule has 0 atom stereocenters. The molecular weight excluding hydrogens is 477 g/mol. The van der Waals surface area contributed by atoms with Crippen molar-refractivity contribution >= 4 is 56.1 Å². The summed E-state index contributed by atoms with van der Waals surface area (Å²) in [5.41, 5.74) is 0.973. The fourth-order valence-electron chi connectivity index (χ4n) is 3.66. The maximum absolute atomic E-state index is 13.3. The molecule has 1 saturated heterocycles. The number of carbonyl (C=O) groups is 1. The summed E-state index contributed by atoms with van der Waals surface area (Å²) in [7, 11) is 0. The van der Waals surface area contributed by atoms with E-state index in [-0.39, 0.29) is 11.7 Å². The lowest BCUT2D eigenvalue weighted by atomic mass is 10.3. The first kappa shape index (κ1) is 24.5. The molecule has 4 rings (SSSR count). The van der Waals surface area contributed by atoms with E-state index < -0.39 is 0 Å². The van der Waals surface area contributed by atoms with Gasteiger partial charge in [-0.05, 0) is 54.8 Å². The number of anilines is 1. The molecular formula is C24H28FN3O2S3. The van der Waals surface area contributed by atoms with Crippen LogP contribution in [0.2, 0.25) is 0 Å². The molecule has 33 heavy (non-hydrogen) atoms. The lowest BCUT2D eigenvalue weighted by Gasteiger charge is -2.29. The lowest BCUT2D eigenvalue weighted by Crippen LogP contribution is -2.43. The average Bonchev–Trinajstić information content (AvgIpc) is 3.28. The summed E-state index contributed by atoms with van der Waals surface area (Å²) in [6.45, 7) is 4.71. The Hall–Kier alpha value is -1.65. The number of thiazole rings is 1. The minimum Gasteiger partial charge on any atom is -0.379 e. The summed E-state index contributed by atoms with van der Waals surface area (Å²) in [4.78, 5) is 24.5. The second kappa shape index (κ2) is 12.2. The fraction of sp³-hybridized carbons (Fsp3) is 0.417. The number of hydrogen-bond acceptors (Lipinski definition) is 7. The Morgan fingerprint density at radius 1 is 1.21 bits per heavy atom. The Kier molecular flexibility index (Phi) is 9.03. The van der Waals surface area contributed by atoms with Gasteiger partial charge in [0.1, 0.15) is 5.82 Å². The number of ether oxygens (including phenoxy) is 1. The van der Waals surface area contributed by atoms with Crippen molar-refractivity contribution in [3.8, 4) is 0 Å². The van der Waals surface area contributed by atoms with Gasteiger partial charge in [0.15, 0.2) is 5.13 Å². The summed E-state index contributed by atoms with van der Waals surface area (Å²) in [6, 6.07) is 12.7. The molecule has 5 nitrogen and oxygen atoms in total. The smallest absolute Gasteiger partial charge is 0.228 e. The van der Waals surface area contributed by atoms with E-state index in [1.807, 2.05) is 17.2 Å². The number of amides is 1. The largest absolute Gasteiger partial charge is 0.379 e. The van der Waals surface area contributed by atoms with Crippen LogP contribution in [0.1, 0.15) is 12.8 Å². The maximum atomic E-state index is 13.3. The molecule has 0 saturated carbocycles. The van der Waals surface area contributed by atoms with Crippen molar-refractivity contribution in [1.29, 1.82) is 0 Å². The number of halogens is 1. The van der Waals surface area contributed by atoms with E-state index >= 15 is 0 Å². The van der Waals surface area contributed by atoms with Crippen LogP contribution in [0.5, 0.6) is 0 Å². The van der Waals surface area contributed by atoms with Gasteiger partial charge in [0, 0.05) is 42.4 Å². The highest BCUT2D eigenvalue weighted by atomic mass is 32.2. The fourth-order valence-corrected chi connectivity index (χ4v) is 6.18. The van der Waals surface area contributed by atoms with E-state index in [2.05, 4.69) is 17.0 Å². The molecule has 0 unspecified atom stereocenters. The predicted octanol–water partition coefficient (Wildman–Crippen LogP) is 5.40. The van der Waals surface area contributed by atoms with Gasteiger partial charge in [-0.2, -0.15) is 0 Å². The molecule has 2 heterocycles. The van der Waals surface area contributed by atoms with Gasteiger partial charge in [0.25, 0.3) is 0 Å². The Balaban J connectivity index is 1.42. The number of rotatable bonds is 10. The number of fused-ring (bicyclic) bond motifs is 1. The number of benzene rings is 2. The van der Waals surface area contributed by atoms with Crippen molar-refractivity contribution in [2.24, 2.45) is 0 Å². The zero-order valence-corrected chi connectivity index (χ0v) is 21.1. The normalized spacial score (nSPS) is 14.6. The van der Waals surface area contributed by atoms with Crippen molar-refractivity contribution < 1.29 is 13.9 Å². The highest BCUT2D eigenvalue weighted by molar-refractivity contribution is 7.99. The van der Waals surface area contributed by atoms with Crippen LogP contribution in [0.25, 0.3) is 10.2 Å². The minimum absolute atomic E-state index is 0.104. The summed E-state index contributed by atoms with van der Waals surface area (Å²) < 4.78 is 19.6. The number of nitrogens with zero attached hydrogens (tertiary/aromatic N) is 3. The predicted molar refractivity (Wildman–Crippen MR) is 137 cm³/mol. The third-order valence-electron chi connectivity index (χ3n) is 5.48. The molecule has 1 amide bonds. The van der Waals surface area contributed by atoms with Crippen LogP contribution in [-0.4, -0.2) is 67.2 Å². The first-order valence-electron chi connectivity index (χ1n) is 11.1. The number of para-hydroxylation sites is 1. The topological polar surface area (TPSA) is 45.7 Å². The highest BCUT2D eigenvalue weighted by Gasteiger charge is 2.22. The van der Waals surface area contributed by atoms with Gasteiger partial charge in [0.2, 0.25) is 5.91 Å². The first-order valence-corrected chi connectivity index (χ1v) is 14.1. The summed E-state index contributed by atoms with van der Waals surface area (Å²) in [5.74, 6) is 0.684. The van der Waals surface area contributed by atoms with Crippen molar-refractivity contribution in [3.63, 3.8) is 0 Å². The standard InChI is InChI=1S/C24H28FN3O2S3/c1-31-20-4-2-5-21-23(20)26-24(33-21)28(12-11-27-13-15-30-16-14-27)22(29)6-3-17-32-19-9-7-18(25)8-10-19/h2,4-5,7-10H,3,6,11-17H2,1H3. The van der Waals surface area contributed by atoms with Crippen molar-refractivity contribution in [1.82, 2.24) is 9.88 Å². The molecule has 3 aromatic rings. The van der Waals surface area contributed by atoms with E-state index in [0.717, 1.165) is 70.2 Å². The van der Waals surface area contributed by atoms with Crippen molar-refractivity contribution in [3.05, 3.63) is 48.3 Å². The molecule has 1 aliphatic heterocycles. The lowest BCUT2D eigenvalue weighted by molar-refractivity contribution is -0.118. The maximum Gasteiger partial charge on any atom is 0.228 e. The molecule has 9 heteroatoms. The second-order valence-corrected chi connectivity index (χ2v) is 10.7. The molecule has 0 radical (unpaired) electrons. The molecule has 0 aliphatic carbocycles. The van der Waals surface area contributed by atoms with Gasteiger partial charge >= 0.3 is 0 Å². The number of hydrogen-bond donors (Lipinski definition) is 0. The molecule has 2 aromatic carbocycles. The van der Waals surface area contributed by atoms with Gasteiger partial charge in [0.05, 0.1) is 23.4 Å². The van der Waals surface area contributed by atoms with Gasteiger partial charge in [-0.3, -0.25) is 14.6 Å². The second-order valence-electron chi connectivity index (χ2n) is 7.71. The van der Waals surface area contributed by atoms with Crippen molar-refractivity contribution in [2.45, 2.75) is 22.6 Å². The Bertz CT molecular complexity index is 1050. The minimum atomic E-state index is -0.231. The number of thioether (sulfide) groups is 2. The van der Waals surface area contributed by atoms with Gasteiger partial charge in [-0.15, -0.1) is 23.5 Å². The third kappa shape index (κ3) is 6.70. The average molecular weight is 506 g/mol. The monoisotopic (exact) mass is 505 g/mol. The quantitative estimate of drug-likeness (QED) is 0.272. The van der Waals surface area contributed by atoms with Crippen LogP contribution in [0.4, 0.5) is 9.52 Å². The molecule has 1 fully saturated rings. The Morgan fingerprint density at radius 2 is 2.00 bits per heavy atom. The van der Waals surface area contributed by atoms with Crippen LogP contribution >= 0.6 is 34.9 Å². The van der Waals surface area contributed by atoms with Gasteiger partial charge < -0.3 is 4.74 Å². The SMILES string of the molecule is CSc1cccc2sc(N(CCN3CCOCC3)C(=O)CCCSc3ccc(F)cc3)nc12. The first-order chi connectivity index (χ1) is 16.1. The van der Waals surface area contributed by atoms with Gasteiger partial charge in [-0.25, -0.2) is 9.37 Å². The molecule has 0 N–H and O–H groups in total. The Morgan fingerprint density at radius 3 is 2.76 bits per heavy atom. The summed E-state index contributed by atoms with van der Waals surface area (Å²) in [6.07, 6.45) is 3.27. The number of carbonyl (C=O) groups excluding carboxylic acids is 1. The summed E-state index contributed by atoms with van der Waals surface area (Å²) in [5, 5.41) is 0.774. The zero-order chi connectivity index (χ0) is 23.0. The molecule has 1 aliphatic rings. The number of morpholine rings is 1. The number of aromatic nitrogens is 1.